The standard InChI is InChI=1S/C27H40FN3O5/c1-3-14-35-25(32)29-21-6-4-5-7-22(18-21)30-12-10-27(11-13-30)19-31(26(33)36-16-15-34-2)24-9-8-20(28)17-23(24)27/h8-9,17,21-22H,3-7,10-16,18-19H2,1-2H3,(H,29,32). The normalized spacial score (nSPS) is 23.7. The molecule has 1 spiro atoms. The number of carbonyl (C=O) groups is 2. The second-order valence-corrected chi connectivity index (χ2v) is 10.3. The molecule has 4 rings (SSSR count). The molecule has 2 unspecified atom stereocenters. The number of halogens is 1. The monoisotopic (exact) mass is 505 g/mol. The van der Waals surface area contributed by atoms with E-state index in [0.717, 1.165) is 75.7 Å². The van der Waals surface area contributed by atoms with Gasteiger partial charge in [0.1, 0.15) is 12.4 Å². The van der Waals surface area contributed by atoms with Gasteiger partial charge in [0.2, 0.25) is 0 Å². The van der Waals surface area contributed by atoms with E-state index >= 15 is 0 Å². The highest BCUT2D eigenvalue weighted by Crippen LogP contribution is 2.48. The zero-order chi connectivity index (χ0) is 25.5. The predicted molar refractivity (Wildman–Crippen MR) is 135 cm³/mol. The van der Waals surface area contributed by atoms with Crippen LogP contribution >= 0.6 is 0 Å². The molecule has 1 N–H and O–H groups in total. The molecule has 2 atom stereocenters. The Kier molecular flexibility index (Phi) is 9.06. The van der Waals surface area contributed by atoms with E-state index in [-0.39, 0.29) is 30.0 Å². The van der Waals surface area contributed by atoms with E-state index < -0.39 is 6.09 Å². The lowest BCUT2D eigenvalue weighted by Crippen LogP contribution is -2.50. The second kappa shape index (κ2) is 12.2. The first kappa shape index (κ1) is 26.7. The number of alkyl carbamates (subject to hydrolysis) is 1. The minimum atomic E-state index is -0.410. The van der Waals surface area contributed by atoms with Gasteiger partial charge >= 0.3 is 12.2 Å². The van der Waals surface area contributed by atoms with E-state index in [2.05, 4.69) is 10.2 Å². The van der Waals surface area contributed by atoms with Gasteiger partial charge in [-0.15, -0.1) is 0 Å². The molecule has 2 amide bonds. The number of amides is 2. The maximum atomic E-state index is 14.3. The Hall–Kier alpha value is -2.39. The number of piperidine rings is 1. The minimum Gasteiger partial charge on any atom is -0.450 e. The Morgan fingerprint density at radius 1 is 1.11 bits per heavy atom. The van der Waals surface area contributed by atoms with Crippen molar-refractivity contribution in [2.24, 2.45) is 0 Å². The van der Waals surface area contributed by atoms with Crippen molar-refractivity contribution in [2.75, 3.05) is 51.5 Å². The highest BCUT2D eigenvalue weighted by Gasteiger charge is 2.47. The van der Waals surface area contributed by atoms with E-state index in [1.54, 1.807) is 24.1 Å². The topological polar surface area (TPSA) is 80.3 Å². The van der Waals surface area contributed by atoms with Crippen molar-refractivity contribution < 1.29 is 28.2 Å². The largest absolute Gasteiger partial charge is 0.450 e. The van der Waals surface area contributed by atoms with Gasteiger partial charge in [0.05, 0.1) is 18.9 Å². The summed E-state index contributed by atoms with van der Waals surface area (Å²) in [5, 5.41) is 3.07. The molecule has 0 aromatic heterocycles. The lowest BCUT2D eigenvalue weighted by Gasteiger charge is -2.43. The zero-order valence-electron chi connectivity index (χ0n) is 21.6. The van der Waals surface area contributed by atoms with Crippen molar-refractivity contribution in [1.82, 2.24) is 10.2 Å². The molecule has 2 fully saturated rings. The molecule has 0 radical (unpaired) electrons. The summed E-state index contributed by atoms with van der Waals surface area (Å²) in [6.45, 7) is 5.20. The van der Waals surface area contributed by atoms with Crippen LogP contribution in [0.15, 0.2) is 18.2 Å². The maximum Gasteiger partial charge on any atom is 0.414 e. The lowest BCUT2D eigenvalue weighted by molar-refractivity contribution is 0.0949. The second-order valence-electron chi connectivity index (χ2n) is 10.3. The van der Waals surface area contributed by atoms with Gasteiger partial charge in [-0.2, -0.15) is 0 Å². The molecule has 2 aliphatic heterocycles. The van der Waals surface area contributed by atoms with Crippen molar-refractivity contribution in [1.29, 1.82) is 0 Å². The van der Waals surface area contributed by atoms with Crippen molar-refractivity contribution >= 4 is 17.9 Å². The summed E-state index contributed by atoms with van der Waals surface area (Å²) in [6, 6.07) is 5.22. The zero-order valence-corrected chi connectivity index (χ0v) is 21.6. The summed E-state index contributed by atoms with van der Waals surface area (Å²) in [5.74, 6) is -0.280. The molecule has 9 heteroatoms. The quantitative estimate of drug-likeness (QED) is 0.431. The van der Waals surface area contributed by atoms with Crippen molar-refractivity contribution in [3.8, 4) is 0 Å². The lowest BCUT2D eigenvalue weighted by atomic mass is 9.74. The van der Waals surface area contributed by atoms with E-state index in [4.69, 9.17) is 14.2 Å². The van der Waals surface area contributed by atoms with Gasteiger partial charge in [0, 0.05) is 31.2 Å². The number of likely N-dealkylation sites (tertiary alicyclic amines) is 1. The van der Waals surface area contributed by atoms with Crippen LogP contribution in [0.2, 0.25) is 0 Å². The number of nitrogens with one attached hydrogen (secondary N) is 1. The van der Waals surface area contributed by atoms with Gasteiger partial charge in [-0.25, -0.2) is 14.0 Å². The van der Waals surface area contributed by atoms with Crippen LogP contribution < -0.4 is 10.2 Å². The van der Waals surface area contributed by atoms with Gasteiger partial charge < -0.3 is 24.4 Å². The Labute approximate surface area is 213 Å². The third-order valence-electron chi connectivity index (χ3n) is 7.94. The molecule has 36 heavy (non-hydrogen) atoms. The first-order valence-corrected chi connectivity index (χ1v) is 13.4. The molecule has 0 bridgehead atoms. The van der Waals surface area contributed by atoms with Gasteiger partial charge in [-0.3, -0.25) is 4.90 Å². The van der Waals surface area contributed by atoms with Crippen molar-refractivity contribution in [2.45, 2.75) is 75.8 Å². The van der Waals surface area contributed by atoms with Crippen LogP contribution in [0.5, 0.6) is 0 Å². The van der Waals surface area contributed by atoms with Gasteiger partial charge in [-0.05, 0) is 75.4 Å². The smallest absolute Gasteiger partial charge is 0.414 e. The molecular weight excluding hydrogens is 465 g/mol. The summed E-state index contributed by atoms with van der Waals surface area (Å²) in [5.41, 5.74) is 1.38. The molecule has 200 valence electrons. The average Bonchev–Trinajstić information content (AvgIpc) is 3.01. The molecule has 1 saturated carbocycles. The average molecular weight is 506 g/mol. The number of hydrogen-bond acceptors (Lipinski definition) is 6. The summed E-state index contributed by atoms with van der Waals surface area (Å²) >= 11 is 0. The number of hydrogen-bond donors (Lipinski definition) is 1. The third-order valence-corrected chi connectivity index (χ3v) is 7.94. The van der Waals surface area contributed by atoms with E-state index in [9.17, 15) is 14.0 Å². The molecule has 3 aliphatic rings. The highest BCUT2D eigenvalue weighted by molar-refractivity contribution is 5.91. The number of anilines is 1. The predicted octanol–water partition coefficient (Wildman–Crippen LogP) is 4.60. The maximum absolute atomic E-state index is 14.3. The minimum absolute atomic E-state index is 0.122. The number of fused-ring (bicyclic) bond motifs is 2. The molecule has 1 aromatic rings. The van der Waals surface area contributed by atoms with Crippen LogP contribution in [0.25, 0.3) is 0 Å². The number of methoxy groups -OCH3 is 1. The fraction of sp³-hybridized carbons (Fsp3) is 0.704. The van der Waals surface area contributed by atoms with E-state index in [0.29, 0.717) is 25.8 Å². The Morgan fingerprint density at radius 2 is 1.89 bits per heavy atom. The SMILES string of the molecule is CCCOC(=O)NC1CCCCC(N2CCC3(CC2)CN(C(=O)OCCOC)c2ccc(F)cc23)C1. The summed E-state index contributed by atoms with van der Waals surface area (Å²) in [7, 11) is 1.56. The van der Waals surface area contributed by atoms with Crippen LogP contribution in [-0.2, 0) is 19.6 Å². The van der Waals surface area contributed by atoms with E-state index in [1.807, 2.05) is 6.92 Å². The fourth-order valence-electron chi connectivity index (χ4n) is 6.04. The van der Waals surface area contributed by atoms with Crippen LogP contribution in [-0.4, -0.2) is 75.7 Å². The van der Waals surface area contributed by atoms with Crippen molar-refractivity contribution in [3.63, 3.8) is 0 Å². The van der Waals surface area contributed by atoms with Crippen LogP contribution in [0, 0.1) is 5.82 Å². The highest BCUT2D eigenvalue weighted by atomic mass is 19.1. The van der Waals surface area contributed by atoms with Crippen molar-refractivity contribution in [3.05, 3.63) is 29.6 Å². The molecule has 8 nitrogen and oxygen atoms in total. The third kappa shape index (κ3) is 6.11. The summed E-state index contributed by atoms with van der Waals surface area (Å²) in [6.07, 6.45) is 7.01. The fourth-order valence-corrected chi connectivity index (χ4v) is 6.04. The first-order chi connectivity index (χ1) is 17.5. The molecule has 1 aliphatic carbocycles. The van der Waals surface area contributed by atoms with Crippen LogP contribution in [0.1, 0.15) is 63.9 Å². The van der Waals surface area contributed by atoms with E-state index in [1.165, 1.54) is 6.07 Å². The number of benzene rings is 1. The van der Waals surface area contributed by atoms with Crippen LogP contribution in [0.4, 0.5) is 19.7 Å². The number of ether oxygens (including phenoxy) is 3. The molecular formula is C27H40FN3O5. The number of rotatable bonds is 7. The summed E-state index contributed by atoms with van der Waals surface area (Å²) < 4.78 is 29.9. The first-order valence-electron chi connectivity index (χ1n) is 13.4. The molecule has 1 saturated heterocycles. The Balaban J connectivity index is 1.41. The van der Waals surface area contributed by atoms with Gasteiger partial charge in [0.25, 0.3) is 0 Å². The van der Waals surface area contributed by atoms with Gasteiger partial charge in [0.15, 0.2) is 0 Å². The molecule has 1 aromatic carbocycles. The summed E-state index contributed by atoms with van der Waals surface area (Å²) in [4.78, 5) is 29.1. The molecule has 2 heterocycles. The van der Waals surface area contributed by atoms with Crippen LogP contribution in [0.3, 0.4) is 0 Å². The number of nitrogens with zero attached hydrogens (tertiary/aromatic N) is 2. The number of carbonyl (C=O) groups excluding carboxylic acids is 2. The van der Waals surface area contributed by atoms with Gasteiger partial charge in [-0.1, -0.05) is 19.8 Å². The Bertz CT molecular complexity index is 905. The Morgan fingerprint density at radius 3 is 2.64 bits per heavy atom.